The Kier molecular flexibility index (Phi) is 3.90. The minimum absolute atomic E-state index is 0.122. The third-order valence-corrected chi connectivity index (χ3v) is 1.41. The maximum Gasteiger partial charge on any atom is 0.518 e. The second-order valence-electron chi connectivity index (χ2n) is 2.48. The first-order valence-electron chi connectivity index (χ1n) is 4.12. The summed E-state index contributed by atoms with van der Waals surface area (Å²) in [5.74, 6) is 0.321. The summed E-state index contributed by atoms with van der Waals surface area (Å²) in [5.41, 5.74) is 0. The van der Waals surface area contributed by atoms with E-state index in [1.165, 1.54) is 24.3 Å². The molecule has 6 nitrogen and oxygen atoms in total. The van der Waals surface area contributed by atoms with Gasteiger partial charge in [0.05, 0.1) is 6.26 Å². The monoisotopic (exact) mass is 224 g/mol. The van der Waals surface area contributed by atoms with Crippen molar-refractivity contribution >= 4 is 12.3 Å². The Bertz CT molecular complexity index is 394. The van der Waals surface area contributed by atoms with Crippen LogP contribution >= 0.6 is 0 Å². The molecule has 1 aromatic rings. The maximum atomic E-state index is 10.8. The van der Waals surface area contributed by atoms with E-state index < -0.39 is 12.3 Å². The maximum absolute atomic E-state index is 10.8. The number of ether oxygens (including phenoxy) is 3. The van der Waals surface area contributed by atoms with Crippen molar-refractivity contribution in [3.63, 3.8) is 0 Å². The first-order chi connectivity index (χ1) is 7.61. The average Bonchev–Trinajstić information content (AvgIpc) is 2.20. The molecule has 0 atom stereocenters. The number of carbonyl (C=O) groups excluding carboxylic acids is 1. The van der Waals surface area contributed by atoms with Gasteiger partial charge < -0.3 is 19.3 Å². The Morgan fingerprint density at radius 1 is 1.12 bits per heavy atom. The zero-order valence-corrected chi connectivity index (χ0v) is 8.08. The predicted molar refractivity (Wildman–Crippen MR) is 52.4 cm³/mol. The van der Waals surface area contributed by atoms with Crippen LogP contribution < -0.4 is 9.47 Å². The highest BCUT2D eigenvalue weighted by Crippen LogP contribution is 2.18. The summed E-state index contributed by atoms with van der Waals surface area (Å²) < 4.78 is 13.3. The predicted octanol–water partition coefficient (Wildman–Crippen LogP) is 2.40. The van der Waals surface area contributed by atoms with E-state index in [1.54, 1.807) is 0 Å². The molecule has 0 heterocycles. The second-order valence-corrected chi connectivity index (χ2v) is 2.48. The molecule has 16 heavy (non-hydrogen) atoms. The van der Waals surface area contributed by atoms with Crippen molar-refractivity contribution in [3.8, 4) is 11.5 Å². The van der Waals surface area contributed by atoms with Crippen LogP contribution in [0.15, 0.2) is 37.1 Å². The van der Waals surface area contributed by atoms with E-state index in [1.807, 2.05) is 0 Å². The largest absolute Gasteiger partial charge is 0.518 e. The molecule has 0 aliphatic rings. The summed E-state index contributed by atoms with van der Waals surface area (Å²) in [4.78, 5) is 21.0. The summed E-state index contributed by atoms with van der Waals surface area (Å²) in [6.07, 6.45) is -1.41. The molecule has 0 aliphatic carbocycles. The minimum atomic E-state index is -1.42. The van der Waals surface area contributed by atoms with Crippen molar-refractivity contribution < 1.29 is 28.9 Å². The highest BCUT2D eigenvalue weighted by Gasteiger charge is 2.05. The molecule has 0 fully saturated rings. The standard InChI is InChI=1S/C10H8O6/c1-2-14-10(13)16-8-5-3-7(4-6-8)15-9(11)12/h2-6H,1H2,(H,11,12). The lowest BCUT2D eigenvalue weighted by Crippen LogP contribution is -2.07. The van der Waals surface area contributed by atoms with Gasteiger partial charge in [-0.15, -0.1) is 0 Å². The van der Waals surface area contributed by atoms with Gasteiger partial charge in [0, 0.05) is 0 Å². The molecule has 0 aromatic heterocycles. The molecule has 0 bridgehead atoms. The fraction of sp³-hybridized carbons (Fsp3) is 0. The van der Waals surface area contributed by atoms with Gasteiger partial charge in [-0.3, -0.25) is 0 Å². The molecule has 0 radical (unpaired) electrons. The lowest BCUT2D eigenvalue weighted by Gasteiger charge is -2.03. The molecule has 1 N–H and O–H groups in total. The summed E-state index contributed by atoms with van der Waals surface area (Å²) >= 11 is 0. The summed E-state index contributed by atoms with van der Waals surface area (Å²) in [6, 6.07) is 5.40. The SMILES string of the molecule is C=COC(=O)Oc1ccc(OC(=O)O)cc1. The van der Waals surface area contributed by atoms with Crippen LogP contribution in [0.5, 0.6) is 11.5 Å². The minimum Gasteiger partial charge on any atom is -0.449 e. The highest BCUT2D eigenvalue weighted by atomic mass is 16.7. The Morgan fingerprint density at radius 3 is 2.06 bits per heavy atom. The number of carbonyl (C=O) groups is 2. The lowest BCUT2D eigenvalue weighted by molar-refractivity contribution is 0.135. The van der Waals surface area contributed by atoms with Crippen molar-refractivity contribution in [1.29, 1.82) is 0 Å². The van der Waals surface area contributed by atoms with Gasteiger partial charge in [0.1, 0.15) is 11.5 Å². The molecule has 0 saturated heterocycles. The first kappa shape index (κ1) is 11.6. The average molecular weight is 224 g/mol. The molecule has 6 heteroatoms. The molecule has 0 aliphatic heterocycles. The van der Waals surface area contributed by atoms with Gasteiger partial charge in [0.15, 0.2) is 0 Å². The molecular formula is C10H8O6. The van der Waals surface area contributed by atoms with Crippen molar-refractivity contribution in [2.24, 2.45) is 0 Å². The number of rotatable bonds is 3. The smallest absolute Gasteiger partial charge is 0.449 e. The van der Waals surface area contributed by atoms with Crippen molar-refractivity contribution in [2.75, 3.05) is 0 Å². The van der Waals surface area contributed by atoms with E-state index >= 15 is 0 Å². The van der Waals surface area contributed by atoms with Gasteiger partial charge >= 0.3 is 12.3 Å². The first-order valence-corrected chi connectivity index (χ1v) is 4.12. The van der Waals surface area contributed by atoms with Crippen molar-refractivity contribution in [2.45, 2.75) is 0 Å². The van der Waals surface area contributed by atoms with Gasteiger partial charge in [-0.25, -0.2) is 9.59 Å². The highest BCUT2D eigenvalue weighted by molar-refractivity contribution is 5.65. The number of benzene rings is 1. The van der Waals surface area contributed by atoms with Gasteiger partial charge in [-0.2, -0.15) is 0 Å². The van der Waals surface area contributed by atoms with Gasteiger partial charge in [0.25, 0.3) is 0 Å². The van der Waals surface area contributed by atoms with Gasteiger partial charge in [-0.1, -0.05) is 6.58 Å². The zero-order valence-electron chi connectivity index (χ0n) is 8.08. The van der Waals surface area contributed by atoms with Crippen molar-refractivity contribution in [3.05, 3.63) is 37.1 Å². The van der Waals surface area contributed by atoms with E-state index in [9.17, 15) is 9.59 Å². The Balaban J connectivity index is 2.60. The van der Waals surface area contributed by atoms with E-state index in [0.717, 1.165) is 6.26 Å². The zero-order chi connectivity index (χ0) is 12.0. The third-order valence-electron chi connectivity index (χ3n) is 1.41. The molecular weight excluding hydrogens is 216 g/mol. The number of hydrogen-bond donors (Lipinski definition) is 1. The van der Waals surface area contributed by atoms with Gasteiger partial charge in [0.2, 0.25) is 0 Å². The Morgan fingerprint density at radius 2 is 1.62 bits per heavy atom. The van der Waals surface area contributed by atoms with Crippen LogP contribution in [0.1, 0.15) is 0 Å². The molecule has 1 aromatic carbocycles. The molecule has 0 amide bonds. The molecule has 84 valence electrons. The summed E-state index contributed by atoms with van der Waals surface area (Å²) in [7, 11) is 0. The third kappa shape index (κ3) is 3.70. The molecule has 1 rings (SSSR count). The van der Waals surface area contributed by atoms with Crippen LogP contribution in [-0.2, 0) is 4.74 Å². The van der Waals surface area contributed by atoms with E-state index in [-0.39, 0.29) is 11.5 Å². The molecule has 0 saturated carbocycles. The fourth-order valence-corrected chi connectivity index (χ4v) is 0.865. The lowest BCUT2D eigenvalue weighted by atomic mass is 10.3. The Labute approximate surface area is 90.7 Å². The topological polar surface area (TPSA) is 82.1 Å². The fourth-order valence-electron chi connectivity index (χ4n) is 0.865. The van der Waals surface area contributed by atoms with Crippen LogP contribution in [0.4, 0.5) is 9.59 Å². The molecule has 0 spiro atoms. The van der Waals surface area contributed by atoms with Crippen LogP contribution in [-0.4, -0.2) is 17.4 Å². The number of hydrogen-bond acceptors (Lipinski definition) is 5. The summed E-state index contributed by atoms with van der Waals surface area (Å²) in [5, 5.41) is 8.31. The van der Waals surface area contributed by atoms with E-state index in [0.29, 0.717) is 0 Å². The van der Waals surface area contributed by atoms with Crippen molar-refractivity contribution in [1.82, 2.24) is 0 Å². The quantitative estimate of drug-likeness (QED) is 0.482. The van der Waals surface area contributed by atoms with Gasteiger partial charge in [-0.05, 0) is 24.3 Å². The normalized spacial score (nSPS) is 9.00. The second kappa shape index (κ2) is 5.40. The van der Waals surface area contributed by atoms with E-state index in [4.69, 9.17) is 5.11 Å². The van der Waals surface area contributed by atoms with Crippen LogP contribution in [0.3, 0.4) is 0 Å². The van der Waals surface area contributed by atoms with Crippen LogP contribution in [0, 0.1) is 0 Å². The van der Waals surface area contributed by atoms with Crippen LogP contribution in [0.25, 0.3) is 0 Å². The van der Waals surface area contributed by atoms with E-state index in [2.05, 4.69) is 20.8 Å². The number of carboxylic acid groups (broad SMARTS) is 1. The Hall–Kier alpha value is -2.50. The summed E-state index contributed by atoms with van der Waals surface area (Å²) in [6.45, 7) is 3.18. The molecule has 0 unspecified atom stereocenters. The van der Waals surface area contributed by atoms with Crippen LogP contribution in [0.2, 0.25) is 0 Å².